The summed E-state index contributed by atoms with van der Waals surface area (Å²) in [5, 5.41) is 6.72. The molecule has 0 amide bonds. The minimum Gasteiger partial charge on any atom is -0.352 e. The highest BCUT2D eigenvalue weighted by atomic mass is 15.2. The topological polar surface area (TPSA) is 36.4 Å². The van der Waals surface area contributed by atoms with Crippen molar-refractivity contribution in [1.82, 2.24) is 10.6 Å². The van der Waals surface area contributed by atoms with Gasteiger partial charge in [-0.15, -0.1) is 0 Å². The second-order valence-electron chi connectivity index (χ2n) is 4.69. The normalized spacial score (nSPS) is 12.8. The van der Waals surface area contributed by atoms with Gasteiger partial charge in [0.05, 0.1) is 6.04 Å². The largest absolute Gasteiger partial charge is 0.352 e. The van der Waals surface area contributed by atoms with Crippen molar-refractivity contribution >= 4 is 5.96 Å². The van der Waals surface area contributed by atoms with Crippen LogP contribution >= 0.6 is 0 Å². The Morgan fingerprint density at radius 3 is 2.20 bits per heavy atom. The second kappa shape index (κ2) is 7.34. The predicted molar refractivity (Wildman–Crippen MR) is 84.6 cm³/mol. The Hall–Kier alpha value is -2.29. The van der Waals surface area contributed by atoms with Crippen LogP contribution in [0.1, 0.15) is 24.1 Å². The number of hydrogen-bond acceptors (Lipinski definition) is 1. The molecule has 0 fully saturated rings. The molecule has 0 unspecified atom stereocenters. The van der Waals surface area contributed by atoms with Crippen molar-refractivity contribution in [2.45, 2.75) is 19.5 Å². The van der Waals surface area contributed by atoms with Gasteiger partial charge >= 0.3 is 0 Å². The third-order valence-electron chi connectivity index (χ3n) is 3.18. The number of nitrogens with zero attached hydrogens (tertiary/aromatic N) is 1. The third kappa shape index (κ3) is 4.12. The Kier molecular flexibility index (Phi) is 5.18. The van der Waals surface area contributed by atoms with E-state index in [2.05, 4.69) is 46.8 Å². The van der Waals surface area contributed by atoms with Crippen LogP contribution in [0.15, 0.2) is 65.7 Å². The lowest BCUT2D eigenvalue weighted by atomic mass is 10.1. The van der Waals surface area contributed by atoms with Crippen molar-refractivity contribution in [2.24, 2.45) is 4.99 Å². The van der Waals surface area contributed by atoms with E-state index in [0.29, 0.717) is 0 Å². The Balaban J connectivity index is 1.90. The first-order chi connectivity index (χ1) is 9.79. The molecule has 2 N–H and O–H groups in total. The number of hydrogen-bond donors (Lipinski definition) is 2. The van der Waals surface area contributed by atoms with Crippen LogP contribution in [0.25, 0.3) is 0 Å². The predicted octanol–water partition coefficient (Wildman–Crippen LogP) is 3.11. The molecule has 3 nitrogen and oxygen atoms in total. The first kappa shape index (κ1) is 14.1. The summed E-state index contributed by atoms with van der Waals surface area (Å²) >= 11 is 0. The monoisotopic (exact) mass is 267 g/mol. The summed E-state index contributed by atoms with van der Waals surface area (Å²) in [5.74, 6) is 0.810. The summed E-state index contributed by atoms with van der Waals surface area (Å²) in [6.45, 7) is 2.90. The molecule has 0 aromatic heterocycles. The van der Waals surface area contributed by atoms with Crippen molar-refractivity contribution < 1.29 is 0 Å². The molecule has 20 heavy (non-hydrogen) atoms. The van der Waals surface area contributed by atoms with Crippen LogP contribution in [-0.2, 0) is 6.54 Å². The minimum atomic E-state index is 0.221. The Labute approximate surface area is 120 Å². The zero-order valence-corrected chi connectivity index (χ0v) is 12.0. The smallest absolute Gasteiger partial charge is 0.191 e. The molecule has 104 valence electrons. The maximum atomic E-state index is 4.26. The van der Waals surface area contributed by atoms with E-state index in [4.69, 9.17) is 0 Å². The van der Waals surface area contributed by atoms with Crippen LogP contribution < -0.4 is 10.6 Å². The van der Waals surface area contributed by atoms with Crippen molar-refractivity contribution in [1.29, 1.82) is 0 Å². The van der Waals surface area contributed by atoms with Gasteiger partial charge in [0, 0.05) is 13.6 Å². The molecule has 0 saturated heterocycles. The van der Waals surface area contributed by atoms with Gasteiger partial charge in [0.25, 0.3) is 0 Å². The maximum Gasteiger partial charge on any atom is 0.191 e. The van der Waals surface area contributed by atoms with Gasteiger partial charge in [-0.3, -0.25) is 4.99 Å². The van der Waals surface area contributed by atoms with Gasteiger partial charge in [0.15, 0.2) is 5.96 Å². The van der Waals surface area contributed by atoms with Crippen LogP contribution in [0.3, 0.4) is 0 Å². The van der Waals surface area contributed by atoms with Crippen molar-refractivity contribution in [3.63, 3.8) is 0 Å². The van der Waals surface area contributed by atoms with Gasteiger partial charge in [-0.2, -0.15) is 0 Å². The molecule has 0 radical (unpaired) electrons. The van der Waals surface area contributed by atoms with E-state index in [0.717, 1.165) is 12.5 Å². The van der Waals surface area contributed by atoms with E-state index in [1.165, 1.54) is 11.1 Å². The average Bonchev–Trinajstić information content (AvgIpc) is 2.53. The van der Waals surface area contributed by atoms with Gasteiger partial charge in [-0.25, -0.2) is 0 Å². The molecule has 3 heteroatoms. The maximum absolute atomic E-state index is 4.26. The molecule has 0 spiro atoms. The standard InChI is InChI=1S/C17H21N3/c1-14(16-11-7-4-8-12-16)20-17(18-2)19-13-15-9-5-3-6-10-15/h3-12,14H,13H2,1-2H3,(H2,18,19,20)/t14-/m0/s1. The summed E-state index contributed by atoms with van der Waals surface area (Å²) in [7, 11) is 1.79. The molecule has 0 bridgehead atoms. The molecule has 0 heterocycles. The molecule has 1 atom stereocenters. The summed E-state index contributed by atoms with van der Waals surface area (Å²) in [6, 6.07) is 20.9. The lowest BCUT2D eigenvalue weighted by Crippen LogP contribution is -2.38. The van der Waals surface area contributed by atoms with Crippen LogP contribution in [0.2, 0.25) is 0 Å². The number of rotatable bonds is 4. The Bertz CT molecular complexity index is 535. The fourth-order valence-corrected chi connectivity index (χ4v) is 2.01. The van der Waals surface area contributed by atoms with Gasteiger partial charge in [-0.05, 0) is 18.1 Å². The van der Waals surface area contributed by atoms with E-state index in [1.807, 2.05) is 36.4 Å². The highest BCUT2D eigenvalue weighted by Gasteiger charge is 2.06. The average molecular weight is 267 g/mol. The molecule has 2 aromatic carbocycles. The number of nitrogens with one attached hydrogen (secondary N) is 2. The highest BCUT2D eigenvalue weighted by molar-refractivity contribution is 5.80. The van der Waals surface area contributed by atoms with Crippen LogP contribution in [0.4, 0.5) is 0 Å². The lowest BCUT2D eigenvalue weighted by Gasteiger charge is -2.18. The Morgan fingerprint density at radius 1 is 1.00 bits per heavy atom. The van der Waals surface area contributed by atoms with E-state index in [1.54, 1.807) is 7.05 Å². The zero-order valence-electron chi connectivity index (χ0n) is 12.0. The van der Waals surface area contributed by atoms with Crippen LogP contribution in [-0.4, -0.2) is 13.0 Å². The molecule has 0 aliphatic rings. The fourth-order valence-electron chi connectivity index (χ4n) is 2.01. The van der Waals surface area contributed by atoms with Gasteiger partial charge in [-0.1, -0.05) is 60.7 Å². The molecule has 2 rings (SSSR count). The molecule has 0 aliphatic carbocycles. The number of aliphatic imine (C=N–C) groups is 1. The molecule has 0 aliphatic heterocycles. The van der Waals surface area contributed by atoms with E-state index < -0.39 is 0 Å². The number of guanidine groups is 1. The summed E-state index contributed by atoms with van der Waals surface area (Å²) < 4.78 is 0. The minimum absolute atomic E-state index is 0.221. The van der Waals surface area contributed by atoms with E-state index in [9.17, 15) is 0 Å². The summed E-state index contributed by atoms with van der Waals surface area (Å²) in [6.07, 6.45) is 0. The van der Waals surface area contributed by atoms with Gasteiger partial charge in [0.1, 0.15) is 0 Å². The third-order valence-corrected chi connectivity index (χ3v) is 3.18. The first-order valence-electron chi connectivity index (χ1n) is 6.85. The second-order valence-corrected chi connectivity index (χ2v) is 4.69. The number of benzene rings is 2. The van der Waals surface area contributed by atoms with Gasteiger partial charge < -0.3 is 10.6 Å². The zero-order chi connectivity index (χ0) is 14.2. The van der Waals surface area contributed by atoms with Crippen LogP contribution in [0, 0.1) is 0 Å². The first-order valence-corrected chi connectivity index (χ1v) is 6.85. The van der Waals surface area contributed by atoms with Crippen molar-refractivity contribution in [3.8, 4) is 0 Å². The van der Waals surface area contributed by atoms with Crippen LogP contribution in [0.5, 0.6) is 0 Å². The summed E-state index contributed by atoms with van der Waals surface area (Å²) in [4.78, 5) is 4.26. The SMILES string of the molecule is CN=C(NCc1ccccc1)N[C@@H](C)c1ccccc1. The van der Waals surface area contributed by atoms with Crippen molar-refractivity contribution in [3.05, 3.63) is 71.8 Å². The molecule has 0 saturated carbocycles. The Morgan fingerprint density at radius 2 is 1.60 bits per heavy atom. The lowest BCUT2D eigenvalue weighted by molar-refractivity contribution is 0.685. The van der Waals surface area contributed by atoms with Gasteiger partial charge in [0.2, 0.25) is 0 Å². The quantitative estimate of drug-likeness (QED) is 0.659. The highest BCUT2D eigenvalue weighted by Crippen LogP contribution is 2.10. The molecule has 2 aromatic rings. The molecular weight excluding hydrogens is 246 g/mol. The van der Waals surface area contributed by atoms with Crippen molar-refractivity contribution in [2.75, 3.05) is 7.05 Å². The van der Waals surface area contributed by atoms with E-state index >= 15 is 0 Å². The summed E-state index contributed by atoms with van der Waals surface area (Å²) in [5.41, 5.74) is 2.48. The van der Waals surface area contributed by atoms with E-state index in [-0.39, 0.29) is 6.04 Å². The fraction of sp³-hybridized carbons (Fsp3) is 0.235. The molecular formula is C17H21N3.